The molecule has 0 atom stereocenters. The maximum atomic E-state index is 4.96. The minimum atomic E-state index is 0.554. The predicted molar refractivity (Wildman–Crippen MR) is 134 cm³/mol. The van der Waals surface area contributed by atoms with Crippen molar-refractivity contribution in [3.05, 3.63) is 59.4 Å². The van der Waals surface area contributed by atoms with E-state index in [0.29, 0.717) is 5.92 Å². The van der Waals surface area contributed by atoms with Gasteiger partial charge in [-0.3, -0.25) is 0 Å². The van der Waals surface area contributed by atoms with Crippen LogP contribution < -0.4 is 10.2 Å². The van der Waals surface area contributed by atoms with Crippen molar-refractivity contribution in [3.8, 4) is 0 Å². The van der Waals surface area contributed by atoms with Gasteiger partial charge in [-0.15, -0.1) is 0 Å². The van der Waals surface area contributed by atoms with Crippen LogP contribution in [0.4, 0.5) is 5.82 Å². The van der Waals surface area contributed by atoms with E-state index in [1.165, 1.54) is 18.4 Å². The van der Waals surface area contributed by atoms with Gasteiger partial charge in [0.15, 0.2) is 0 Å². The lowest BCUT2D eigenvalue weighted by molar-refractivity contribution is 0.312. The van der Waals surface area contributed by atoms with E-state index in [0.717, 1.165) is 78.5 Å². The first-order valence-corrected chi connectivity index (χ1v) is 12.1. The van der Waals surface area contributed by atoms with Gasteiger partial charge in [0.1, 0.15) is 18.0 Å². The second kappa shape index (κ2) is 9.53. The number of likely N-dealkylation sites (N-methyl/N-ethyl adjacent to an activating group) is 2. The Morgan fingerprint density at radius 3 is 2.67 bits per heavy atom. The standard InChI is InChI=1S/C26H33N7/c1-4-23-22(16-28-25(31-23)18-5-6-18)20(9-10-27-2)19-7-8-24-21(15-19)26(30-17-29-24)33-13-11-32(3)12-14-33/h7-9,15-18,27H,4-6,10-14H2,1-3H3/b20-9-. The summed E-state index contributed by atoms with van der Waals surface area (Å²) < 4.78 is 0. The SMILES string of the molecule is CCc1nc(C2CC2)ncc1/C(=C\CNC)c1ccc2ncnc(N3CCN(C)CC3)c2c1. The molecular formula is C26H33N7. The number of hydrogen-bond acceptors (Lipinski definition) is 7. The third-order valence-electron chi connectivity index (χ3n) is 6.69. The molecule has 3 aromatic rings. The third-order valence-corrected chi connectivity index (χ3v) is 6.69. The Bertz CT molecular complexity index is 1160. The molecule has 1 aliphatic heterocycles. The average Bonchev–Trinajstić information content (AvgIpc) is 3.70. The van der Waals surface area contributed by atoms with E-state index in [4.69, 9.17) is 15.0 Å². The molecule has 33 heavy (non-hydrogen) atoms. The molecule has 1 aliphatic carbocycles. The number of benzene rings is 1. The van der Waals surface area contributed by atoms with E-state index in [1.807, 2.05) is 13.2 Å². The summed E-state index contributed by atoms with van der Waals surface area (Å²) in [6, 6.07) is 6.53. The minimum absolute atomic E-state index is 0.554. The fraction of sp³-hybridized carbons (Fsp3) is 0.462. The van der Waals surface area contributed by atoms with Crippen molar-refractivity contribution < 1.29 is 0 Å². The summed E-state index contributed by atoms with van der Waals surface area (Å²) in [6.07, 6.45) is 9.28. The van der Waals surface area contributed by atoms with Gasteiger partial charge in [0.25, 0.3) is 0 Å². The Morgan fingerprint density at radius 2 is 1.94 bits per heavy atom. The van der Waals surface area contributed by atoms with Gasteiger partial charge in [-0.1, -0.05) is 19.1 Å². The molecule has 1 N–H and O–H groups in total. The topological polar surface area (TPSA) is 70.1 Å². The molecule has 1 aromatic carbocycles. The molecule has 1 saturated carbocycles. The molecule has 0 unspecified atom stereocenters. The van der Waals surface area contributed by atoms with Crippen molar-refractivity contribution in [1.82, 2.24) is 30.2 Å². The van der Waals surface area contributed by atoms with Crippen LogP contribution in [0.3, 0.4) is 0 Å². The lowest BCUT2D eigenvalue weighted by Gasteiger charge is -2.33. The molecule has 0 radical (unpaired) electrons. The quantitative estimate of drug-likeness (QED) is 0.601. The minimum Gasteiger partial charge on any atom is -0.353 e. The average molecular weight is 444 g/mol. The number of piperazine rings is 1. The van der Waals surface area contributed by atoms with Crippen molar-refractivity contribution in [2.75, 3.05) is 51.7 Å². The summed E-state index contributed by atoms with van der Waals surface area (Å²) in [4.78, 5) is 23.7. The zero-order valence-corrected chi connectivity index (χ0v) is 19.9. The number of aromatic nitrogens is 4. The normalized spacial score (nSPS) is 17.7. The molecule has 0 amide bonds. The number of aryl methyl sites for hydroxylation is 1. The smallest absolute Gasteiger partial charge is 0.139 e. The number of hydrogen-bond donors (Lipinski definition) is 1. The van der Waals surface area contributed by atoms with E-state index in [1.54, 1.807) is 6.33 Å². The molecular weight excluding hydrogens is 410 g/mol. The van der Waals surface area contributed by atoms with Crippen LogP contribution in [-0.2, 0) is 6.42 Å². The summed E-state index contributed by atoms with van der Waals surface area (Å²) in [5.74, 6) is 2.59. The lowest BCUT2D eigenvalue weighted by atomic mass is 9.95. The molecule has 0 bridgehead atoms. The van der Waals surface area contributed by atoms with Crippen molar-refractivity contribution in [2.45, 2.75) is 32.1 Å². The molecule has 5 rings (SSSR count). The van der Waals surface area contributed by atoms with Gasteiger partial charge in [-0.25, -0.2) is 19.9 Å². The van der Waals surface area contributed by atoms with E-state index in [2.05, 4.69) is 58.3 Å². The molecule has 3 heterocycles. The summed E-state index contributed by atoms with van der Waals surface area (Å²) >= 11 is 0. The van der Waals surface area contributed by atoms with Gasteiger partial charge in [0.05, 0.1) is 11.2 Å². The Labute approximate surface area is 196 Å². The van der Waals surface area contributed by atoms with Crippen LogP contribution in [0.15, 0.2) is 36.8 Å². The van der Waals surface area contributed by atoms with Crippen molar-refractivity contribution in [1.29, 1.82) is 0 Å². The molecule has 172 valence electrons. The van der Waals surface area contributed by atoms with Crippen LogP contribution in [0.25, 0.3) is 16.5 Å². The van der Waals surface area contributed by atoms with Gasteiger partial charge in [-0.05, 0) is 56.6 Å². The van der Waals surface area contributed by atoms with Gasteiger partial charge < -0.3 is 15.1 Å². The summed E-state index contributed by atoms with van der Waals surface area (Å²) in [5, 5.41) is 4.36. The summed E-state index contributed by atoms with van der Waals surface area (Å²) in [6.45, 7) is 7.00. The largest absolute Gasteiger partial charge is 0.353 e. The molecule has 2 fully saturated rings. The van der Waals surface area contributed by atoms with Crippen LogP contribution in [0, 0.1) is 0 Å². The fourth-order valence-corrected chi connectivity index (χ4v) is 4.53. The van der Waals surface area contributed by atoms with Gasteiger partial charge in [-0.2, -0.15) is 0 Å². The van der Waals surface area contributed by atoms with Crippen LogP contribution in [0.5, 0.6) is 0 Å². The van der Waals surface area contributed by atoms with Gasteiger partial charge >= 0.3 is 0 Å². The maximum Gasteiger partial charge on any atom is 0.139 e. The third kappa shape index (κ3) is 4.61. The van der Waals surface area contributed by atoms with Gasteiger partial charge in [0, 0.05) is 55.8 Å². The highest BCUT2D eigenvalue weighted by molar-refractivity contribution is 5.94. The van der Waals surface area contributed by atoms with Crippen LogP contribution in [-0.4, -0.2) is 71.7 Å². The second-order valence-corrected chi connectivity index (χ2v) is 9.11. The highest BCUT2D eigenvalue weighted by Crippen LogP contribution is 2.39. The van der Waals surface area contributed by atoms with E-state index < -0.39 is 0 Å². The first-order valence-electron chi connectivity index (χ1n) is 12.1. The molecule has 0 spiro atoms. The van der Waals surface area contributed by atoms with Crippen molar-refractivity contribution in [3.63, 3.8) is 0 Å². The van der Waals surface area contributed by atoms with E-state index >= 15 is 0 Å². The summed E-state index contributed by atoms with van der Waals surface area (Å²) in [7, 11) is 4.15. The van der Waals surface area contributed by atoms with Crippen molar-refractivity contribution >= 4 is 22.3 Å². The molecule has 2 aliphatic rings. The maximum absolute atomic E-state index is 4.96. The number of nitrogens with one attached hydrogen (secondary N) is 1. The predicted octanol–water partition coefficient (Wildman–Crippen LogP) is 3.26. The highest BCUT2D eigenvalue weighted by atomic mass is 15.3. The first kappa shape index (κ1) is 21.9. The van der Waals surface area contributed by atoms with E-state index in [-0.39, 0.29) is 0 Å². The highest BCUT2D eigenvalue weighted by Gasteiger charge is 2.27. The zero-order valence-electron chi connectivity index (χ0n) is 19.9. The van der Waals surface area contributed by atoms with Crippen molar-refractivity contribution in [2.24, 2.45) is 0 Å². The molecule has 7 nitrogen and oxygen atoms in total. The Morgan fingerprint density at radius 1 is 1.12 bits per heavy atom. The lowest BCUT2D eigenvalue weighted by Crippen LogP contribution is -2.44. The number of nitrogens with zero attached hydrogens (tertiary/aromatic N) is 6. The monoisotopic (exact) mass is 443 g/mol. The second-order valence-electron chi connectivity index (χ2n) is 9.11. The molecule has 2 aromatic heterocycles. The van der Waals surface area contributed by atoms with Crippen LogP contribution in [0.1, 0.15) is 48.3 Å². The summed E-state index contributed by atoms with van der Waals surface area (Å²) in [5.41, 5.74) is 5.54. The number of rotatable bonds is 7. The van der Waals surface area contributed by atoms with Gasteiger partial charge in [0.2, 0.25) is 0 Å². The van der Waals surface area contributed by atoms with E-state index in [9.17, 15) is 0 Å². The Hall–Kier alpha value is -2.90. The number of anilines is 1. The first-order chi connectivity index (χ1) is 16.2. The molecule has 1 saturated heterocycles. The molecule has 7 heteroatoms. The van der Waals surface area contributed by atoms with Crippen LogP contribution >= 0.6 is 0 Å². The Kier molecular flexibility index (Phi) is 6.33. The fourth-order valence-electron chi connectivity index (χ4n) is 4.53. The van der Waals surface area contributed by atoms with Crippen LogP contribution in [0.2, 0.25) is 0 Å². The Balaban J connectivity index is 1.58. The number of fused-ring (bicyclic) bond motifs is 1. The zero-order chi connectivity index (χ0) is 22.8.